The van der Waals surface area contributed by atoms with Gasteiger partial charge in [0.15, 0.2) is 4.34 Å². The number of nitrogens with zero attached hydrogens (tertiary/aromatic N) is 4. The second-order valence-electron chi connectivity index (χ2n) is 5.17. The predicted molar refractivity (Wildman–Crippen MR) is 98.7 cm³/mol. The smallest absolute Gasteiger partial charge is 0.210 e. The Hall–Kier alpha value is -2.63. The molecule has 0 aliphatic heterocycles. The number of hydrogen-bond donors (Lipinski definition) is 1. The number of ether oxygens (including phenoxy) is 1. The summed E-state index contributed by atoms with van der Waals surface area (Å²) in [6.45, 7) is 3.75. The van der Waals surface area contributed by atoms with E-state index in [0.29, 0.717) is 10.7 Å². The molecule has 3 rings (SSSR count). The third kappa shape index (κ3) is 4.07. The lowest BCUT2D eigenvalue weighted by Gasteiger charge is -2.05. The summed E-state index contributed by atoms with van der Waals surface area (Å²) in [7, 11) is 1.63. The van der Waals surface area contributed by atoms with Crippen molar-refractivity contribution in [3.63, 3.8) is 0 Å². The van der Waals surface area contributed by atoms with Gasteiger partial charge in [-0.05, 0) is 32.0 Å². The van der Waals surface area contributed by atoms with Crippen LogP contribution in [0.2, 0.25) is 0 Å². The summed E-state index contributed by atoms with van der Waals surface area (Å²) in [5.74, 6) is 0.769. The zero-order chi connectivity index (χ0) is 17.8. The van der Waals surface area contributed by atoms with Crippen LogP contribution < -0.4 is 10.1 Å². The molecule has 0 unspecified atom stereocenters. The van der Waals surface area contributed by atoms with Gasteiger partial charge in [0.2, 0.25) is 5.13 Å². The summed E-state index contributed by atoms with van der Waals surface area (Å²) in [6.07, 6.45) is 0. The number of pyridine rings is 1. The number of anilines is 2. The Morgan fingerprint density at radius 1 is 1.24 bits per heavy atom. The van der Waals surface area contributed by atoms with E-state index in [2.05, 4.69) is 26.6 Å². The molecule has 1 N–H and O–H groups in total. The number of hydrogen-bond acceptors (Lipinski definition) is 8. The summed E-state index contributed by atoms with van der Waals surface area (Å²) in [5, 5.41) is 21.6. The lowest BCUT2D eigenvalue weighted by molar-refractivity contribution is 0.415. The van der Waals surface area contributed by atoms with E-state index in [1.54, 1.807) is 7.11 Å². The normalized spacial score (nSPS) is 10.3. The first kappa shape index (κ1) is 17.2. The van der Waals surface area contributed by atoms with Crippen molar-refractivity contribution in [1.29, 1.82) is 5.26 Å². The number of rotatable bonds is 5. The highest BCUT2D eigenvalue weighted by atomic mass is 32.2. The van der Waals surface area contributed by atoms with Crippen LogP contribution in [0.5, 0.6) is 5.75 Å². The molecule has 126 valence electrons. The van der Waals surface area contributed by atoms with E-state index in [0.717, 1.165) is 32.1 Å². The number of methoxy groups -OCH3 is 1. The van der Waals surface area contributed by atoms with Crippen molar-refractivity contribution in [2.45, 2.75) is 23.1 Å². The van der Waals surface area contributed by atoms with Crippen LogP contribution in [-0.2, 0) is 0 Å². The summed E-state index contributed by atoms with van der Waals surface area (Å²) >= 11 is 2.85. The summed E-state index contributed by atoms with van der Waals surface area (Å²) < 4.78 is 5.97. The minimum absolute atomic E-state index is 0.577. The number of nitrogens with one attached hydrogen (secondary N) is 1. The molecule has 0 aliphatic rings. The standard InChI is InChI=1S/C17H15N5OS2/c1-10-7-15(14(9-18)11(2)19-10)24-17-22-21-16(25-17)20-12-5-4-6-13(8-12)23-3/h4-8H,1-3H3,(H,20,21). The maximum absolute atomic E-state index is 9.36. The van der Waals surface area contributed by atoms with Crippen LogP contribution in [0.3, 0.4) is 0 Å². The van der Waals surface area contributed by atoms with E-state index in [1.165, 1.54) is 23.1 Å². The number of benzene rings is 1. The van der Waals surface area contributed by atoms with E-state index < -0.39 is 0 Å². The third-order valence-electron chi connectivity index (χ3n) is 3.33. The van der Waals surface area contributed by atoms with Crippen LogP contribution in [0.4, 0.5) is 10.8 Å². The molecular weight excluding hydrogens is 354 g/mol. The van der Waals surface area contributed by atoms with Crippen molar-refractivity contribution in [1.82, 2.24) is 15.2 Å². The van der Waals surface area contributed by atoms with Gasteiger partial charge in [-0.3, -0.25) is 4.98 Å². The van der Waals surface area contributed by atoms with E-state index in [1.807, 2.05) is 44.2 Å². The second kappa shape index (κ2) is 7.51. The molecular formula is C17H15N5OS2. The molecule has 0 radical (unpaired) electrons. The Morgan fingerprint density at radius 3 is 2.84 bits per heavy atom. The number of aromatic nitrogens is 3. The fraction of sp³-hybridized carbons (Fsp3) is 0.176. The third-order valence-corrected chi connectivity index (χ3v) is 5.26. The van der Waals surface area contributed by atoms with Gasteiger partial charge < -0.3 is 10.1 Å². The van der Waals surface area contributed by atoms with E-state index in [4.69, 9.17) is 4.74 Å². The molecule has 0 atom stereocenters. The highest BCUT2D eigenvalue weighted by Gasteiger charge is 2.13. The molecule has 0 fully saturated rings. The molecule has 2 heterocycles. The van der Waals surface area contributed by atoms with Crippen molar-refractivity contribution >= 4 is 33.9 Å². The molecule has 6 nitrogen and oxygen atoms in total. The van der Waals surface area contributed by atoms with E-state index in [9.17, 15) is 5.26 Å². The first-order valence-corrected chi connectivity index (χ1v) is 9.03. The maximum Gasteiger partial charge on any atom is 0.210 e. The first-order chi connectivity index (χ1) is 12.1. The van der Waals surface area contributed by atoms with Crippen molar-refractivity contribution < 1.29 is 4.74 Å². The van der Waals surface area contributed by atoms with Crippen molar-refractivity contribution in [2.24, 2.45) is 0 Å². The van der Waals surface area contributed by atoms with Crippen LogP contribution in [0.15, 0.2) is 39.6 Å². The molecule has 0 saturated carbocycles. The summed E-state index contributed by atoms with van der Waals surface area (Å²) in [4.78, 5) is 5.18. The van der Waals surface area contributed by atoms with Gasteiger partial charge in [0.1, 0.15) is 11.8 Å². The molecule has 3 aromatic rings. The van der Waals surface area contributed by atoms with Crippen LogP contribution in [-0.4, -0.2) is 22.3 Å². The van der Waals surface area contributed by atoms with Crippen LogP contribution >= 0.6 is 23.1 Å². The van der Waals surface area contributed by atoms with Gasteiger partial charge in [-0.15, -0.1) is 10.2 Å². The minimum Gasteiger partial charge on any atom is -0.497 e. The molecule has 0 saturated heterocycles. The largest absolute Gasteiger partial charge is 0.497 e. The van der Waals surface area contributed by atoms with E-state index in [-0.39, 0.29) is 0 Å². The molecule has 0 bridgehead atoms. The van der Waals surface area contributed by atoms with Gasteiger partial charge in [0.05, 0.1) is 18.4 Å². The molecule has 0 aliphatic carbocycles. The Balaban J connectivity index is 1.79. The second-order valence-corrected chi connectivity index (χ2v) is 7.43. The average Bonchev–Trinajstić information content (AvgIpc) is 3.01. The van der Waals surface area contributed by atoms with Gasteiger partial charge >= 0.3 is 0 Å². The minimum atomic E-state index is 0.577. The van der Waals surface area contributed by atoms with Crippen molar-refractivity contribution in [2.75, 3.05) is 12.4 Å². The molecule has 1 aromatic carbocycles. The van der Waals surface area contributed by atoms with Gasteiger partial charge in [-0.2, -0.15) is 5.26 Å². The number of nitriles is 1. The van der Waals surface area contributed by atoms with Gasteiger partial charge in [0, 0.05) is 22.3 Å². The Labute approximate surface area is 153 Å². The average molecular weight is 369 g/mol. The lowest BCUT2D eigenvalue weighted by atomic mass is 10.2. The quantitative estimate of drug-likeness (QED) is 0.717. The Bertz CT molecular complexity index is 948. The molecule has 0 spiro atoms. The fourth-order valence-corrected chi connectivity index (χ4v) is 4.19. The first-order valence-electron chi connectivity index (χ1n) is 7.40. The zero-order valence-electron chi connectivity index (χ0n) is 13.9. The maximum atomic E-state index is 9.36. The number of aryl methyl sites for hydroxylation is 2. The fourth-order valence-electron chi connectivity index (χ4n) is 2.23. The SMILES string of the molecule is COc1cccc(Nc2nnc(Sc3cc(C)nc(C)c3C#N)s2)c1. The highest BCUT2D eigenvalue weighted by molar-refractivity contribution is 8.01. The summed E-state index contributed by atoms with van der Waals surface area (Å²) in [6, 6.07) is 11.7. The van der Waals surface area contributed by atoms with Gasteiger partial charge in [0.25, 0.3) is 0 Å². The summed E-state index contributed by atoms with van der Waals surface area (Å²) in [5.41, 5.74) is 3.05. The zero-order valence-corrected chi connectivity index (χ0v) is 15.5. The Morgan fingerprint density at radius 2 is 2.08 bits per heavy atom. The van der Waals surface area contributed by atoms with Crippen molar-refractivity contribution in [3.05, 3.63) is 47.3 Å². The molecule has 8 heteroatoms. The molecule has 25 heavy (non-hydrogen) atoms. The molecule has 2 aromatic heterocycles. The van der Waals surface area contributed by atoms with Crippen LogP contribution in [0.25, 0.3) is 0 Å². The monoisotopic (exact) mass is 369 g/mol. The van der Waals surface area contributed by atoms with Gasteiger partial charge in [-0.1, -0.05) is 29.2 Å². The topological polar surface area (TPSA) is 83.7 Å². The van der Waals surface area contributed by atoms with Gasteiger partial charge in [-0.25, -0.2) is 0 Å². The van der Waals surface area contributed by atoms with Crippen LogP contribution in [0.1, 0.15) is 17.0 Å². The van der Waals surface area contributed by atoms with Crippen molar-refractivity contribution in [3.8, 4) is 11.8 Å². The Kier molecular flexibility index (Phi) is 5.16. The lowest BCUT2D eigenvalue weighted by Crippen LogP contribution is -1.93. The molecule has 0 amide bonds. The predicted octanol–water partition coefficient (Wildman–Crippen LogP) is 4.33. The highest BCUT2D eigenvalue weighted by Crippen LogP contribution is 2.35. The van der Waals surface area contributed by atoms with Crippen LogP contribution in [0, 0.1) is 25.2 Å². The van der Waals surface area contributed by atoms with E-state index >= 15 is 0 Å².